The van der Waals surface area contributed by atoms with Crippen LogP contribution in [0.5, 0.6) is 0 Å². The van der Waals surface area contributed by atoms with E-state index in [1.54, 1.807) is 46.9 Å². The Kier molecular flexibility index (Phi) is 6.31. The zero-order valence-electron chi connectivity index (χ0n) is 19.6. The first-order valence-electron chi connectivity index (χ1n) is 11.5. The van der Waals surface area contributed by atoms with Crippen LogP contribution in [0, 0.1) is 5.82 Å². The van der Waals surface area contributed by atoms with E-state index in [1.807, 2.05) is 12.1 Å². The molecule has 2 aromatic heterocycles. The van der Waals surface area contributed by atoms with Crippen LogP contribution in [-0.4, -0.2) is 59.9 Å². The van der Waals surface area contributed by atoms with Gasteiger partial charge >= 0.3 is 0 Å². The Hall–Kier alpha value is -3.99. The fourth-order valence-electron chi connectivity index (χ4n) is 4.43. The number of nitrogens with zero attached hydrogens (tertiary/aromatic N) is 5. The summed E-state index contributed by atoms with van der Waals surface area (Å²) in [6.07, 6.45) is 4.66. The van der Waals surface area contributed by atoms with Gasteiger partial charge in [0.15, 0.2) is 0 Å². The van der Waals surface area contributed by atoms with Gasteiger partial charge in [0.25, 0.3) is 10.0 Å². The minimum atomic E-state index is -3.81. The lowest BCUT2D eigenvalue weighted by molar-refractivity contribution is -0.134. The number of fused-ring (bicyclic) bond motifs is 1. The number of nitrogens with one attached hydrogen (secondary N) is 1. The van der Waals surface area contributed by atoms with E-state index in [1.165, 1.54) is 30.6 Å². The van der Waals surface area contributed by atoms with Crippen LogP contribution in [0.3, 0.4) is 0 Å². The maximum atomic E-state index is 14.4. The number of halogens is 1. The molecule has 1 N–H and O–H groups in total. The second-order valence-electron chi connectivity index (χ2n) is 8.56. The van der Waals surface area contributed by atoms with Crippen molar-refractivity contribution >= 4 is 38.5 Å². The predicted molar refractivity (Wildman–Crippen MR) is 135 cm³/mol. The van der Waals surface area contributed by atoms with Gasteiger partial charge in [-0.15, -0.1) is 0 Å². The third kappa shape index (κ3) is 4.61. The Morgan fingerprint density at radius 3 is 2.36 bits per heavy atom. The zero-order chi connectivity index (χ0) is 25.3. The Bertz CT molecular complexity index is 1480. The van der Waals surface area contributed by atoms with Crippen molar-refractivity contribution in [2.75, 3.05) is 35.8 Å². The summed E-state index contributed by atoms with van der Waals surface area (Å²) in [5, 5.41) is 0.761. The number of benzene rings is 2. The Morgan fingerprint density at radius 2 is 1.67 bits per heavy atom. The van der Waals surface area contributed by atoms with Gasteiger partial charge in [0.1, 0.15) is 11.9 Å². The van der Waals surface area contributed by atoms with Gasteiger partial charge in [0.2, 0.25) is 11.9 Å². The first-order valence-corrected chi connectivity index (χ1v) is 13.0. The topological polar surface area (TPSA) is 100 Å². The molecule has 1 amide bonds. The summed E-state index contributed by atoms with van der Waals surface area (Å²) in [5.74, 6) is -0.405. The summed E-state index contributed by atoms with van der Waals surface area (Å²) in [6, 6.07) is 14.3. The fraction of sp³-hybridized carbons (Fsp3) is 0.240. The maximum Gasteiger partial charge on any atom is 0.264 e. The average molecular weight is 509 g/mol. The molecule has 0 spiro atoms. The molecule has 0 radical (unpaired) electrons. The van der Waals surface area contributed by atoms with Crippen molar-refractivity contribution in [3.05, 3.63) is 79.0 Å². The lowest BCUT2D eigenvalue weighted by atomic mass is 10.2. The number of hydrogen-bond donors (Lipinski definition) is 1. The van der Waals surface area contributed by atoms with Crippen molar-refractivity contribution in [2.24, 2.45) is 0 Å². The summed E-state index contributed by atoms with van der Waals surface area (Å²) < 4.78 is 43.6. The fourth-order valence-corrected chi connectivity index (χ4v) is 5.39. The van der Waals surface area contributed by atoms with Crippen molar-refractivity contribution in [2.45, 2.75) is 17.9 Å². The number of amides is 1. The van der Waals surface area contributed by atoms with E-state index in [4.69, 9.17) is 0 Å². The molecule has 0 aliphatic carbocycles. The normalized spacial score (nSPS) is 15.2. The van der Waals surface area contributed by atoms with Gasteiger partial charge in [0.05, 0.1) is 10.4 Å². The molecule has 5 rings (SSSR count). The molecule has 0 saturated carbocycles. The number of aromatic nitrogens is 3. The molecule has 0 unspecified atom stereocenters. The van der Waals surface area contributed by atoms with Gasteiger partial charge in [-0.05, 0) is 49.4 Å². The van der Waals surface area contributed by atoms with Gasteiger partial charge in [-0.25, -0.2) is 27.5 Å². The lowest BCUT2D eigenvalue weighted by Gasteiger charge is -2.37. The van der Waals surface area contributed by atoms with Crippen molar-refractivity contribution in [1.82, 2.24) is 19.4 Å². The van der Waals surface area contributed by atoms with Gasteiger partial charge in [0, 0.05) is 55.8 Å². The monoisotopic (exact) mass is 508 g/mol. The third-order valence-corrected chi connectivity index (χ3v) is 7.70. The van der Waals surface area contributed by atoms with E-state index < -0.39 is 16.1 Å². The number of anilines is 2. The highest BCUT2D eigenvalue weighted by atomic mass is 32.2. The van der Waals surface area contributed by atoms with Crippen molar-refractivity contribution in [3.8, 4) is 0 Å². The Morgan fingerprint density at radius 1 is 0.972 bits per heavy atom. The molecule has 0 bridgehead atoms. The number of piperazine rings is 1. The predicted octanol–water partition coefficient (Wildman–Crippen LogP) is 3.28. The SMILES string of the molecule is C[C@@H](C(=O)N1CCN(c2ccc(S(=O)(=O)Nc3ncccn3)cc2)CC1)n1ccc2cccc(F)c21. The van der Waals surface area contributed by atoms with E-state index in [9.17, 15) is 17.6 Å². The smallest absolute Gasteiger partial charge is 0.264 e. The minimum Gasteiger partial charge on any atom is -0.368 e. The van der Waals surface area contributed by atoms with Crippen LogP contribution in [0.1, 0.15) is 13.0 Å². The van der Waals surface area contributed by atoms with E-state index in [-0.39, 0.29) is 22.6 Å². The second-order valence-corrected chi connectivity index (χ2v) is 10.2. The number of hydrogen-bond acceptors (Lipinski definition) is 6. The van der Waals surface area contributed by atoms with Crippen LogP contribution in [0.25, 0.3) is 10.9 Å². The van der Waals surface area contributed by atoms with Crippen LogP contribution >= 0.6 is 0 Å². The first kappa shape index (κ1) is 23.7. The molecule has 36 heavy (non-hydrogen) atoms. The molecule has 4 aromatic rings. The summed E-state index contributed by atoms with van der Waals surface area (Å²) in [4.78, 5) is 24.9. The van der Waals surface area contributed by atoms with Gasteiger partial charge in [-0.3, -0.25) is 4.79 Å². The summed E-state index contributed by atoms with van der Waals surface area (Å²) in [5.41, 5.74) is 1.30. The van der Waals surface area contributed by atoms with Crippen molar-refractivity contribution < 1.29 is 17.6 Å². The largest absolute Gasteiger partial charge is 0.368 e. The summed E-state index contributed by atoms with van der Waals surface area (Å²) >= 11 is 0. The first-order chi connectivity index (χ1) is 17.3. The van der Waals surface area contributed by atoms with Crippen LogP contribution in [0.15, 0.2) is 78.1 Å². The highest BCUT2D eigenvalue weighted by Crippen LogP contribution is 2.25. The molecule has 1 atom stereocenters. The van der Waals surface area contributed by atoms with Crippen LogP contribution in [0.2, 0.25) is 0 Å². The maximum absolute atomic E-state index is 14.4. The quantitative estimate of drug-likeness (QED) is 0.429. The number of carbonyl (C=O) groups is 1. The van der Waals surface area contributed by atoms with E-state index in [0.717, 1.165) is 11.1 Å². The van der Waals surface area contributed by atoms with Crippen LogP contribution in [0.4, 0.5) is 16.0 Å². The number of sulfonamides is 1. The molecule has 186 valence electrons. The highest BCUT2D eigenvalue weighted by Gasteiger charge is 2.27. The molecule has 1 aliphatic rings. The number of carbonyl (C=O) groups excluding carboxylic acids is 1. The Labute approximate surface area is 208 Å². The zero-order valence-corrected chi connectivity index (χ0v) is 20.4. The van der Waals surface area contributed by atoms with Crippen molar-refractivity contribution in [3.63, 3.8) is 0 Å². The van der Waals surface area contributed by atoms with Gasteiger partial charge in [-0.1, -0.05) is 12.1 Å². The molecule has 1 fully saturated rings. The minimum absolute atomic E-state index is 0.00671. The van der Waals surface area contributed by atoms with Gasteiger partial charge in [-0.2, -0.15) is 0 Å². The molecule has 11 heteroatoms. The highest BCUT2D eigenvalue weighted by molar-refractivity contribution is 7.92. The number of para-hydroxylation sites is 1. The molecular formula is C25H25FN6O3S. The van der Waals surface area contributed by atoms with Crippen molar-refractivity contribution in [1.29, 1.82) is 0 Å². The molecule has 2 aromatic carbocycles. The van der Waals surface area contributed by atoms with Crippen LogP contribution in [-0.2, 0) is 14.8 Å². The summed E-state index contributed by atoms with van der Waals surface area (Å²) in [6.45, 7) is 4.01. The summed E-state index contributed by atoms with van der Waals surface area (Å²) in [7, 11) is -3.81. The molecule has 1 saturated heterocycles. The molecule has 9 nitrogen and oxygen atoms in total. The lowest BCUT2D eigenvalue weighted by Crippen LogP contribution is -2.50. The van der Waals surface area contributed by atoms with E-state index >= 15 is 0 Å². The van der Waals surface area contributed by atoms with E-state index in [2.05, 4.69) is 19.6 Å². The molecule has 1 aliphatic heterocycles. The standard InChI is InChI=1S/C25H25FN6O3S/c1-18(32-13-10-19-4-2-5-22(26)23(19)32)24(33)31-16-14-30(15-17-31)20-6-8-21(9-7-20)36(34,35)29-25-27-11-3-12-28-25/h2-13,18H,14-17H2,1H3,(H,27,28,29)/t18-/m0/s1. The molecular weight excluding hydrogens is 483 g/mol. The Balaban J connectivity index is 1.22. The van der Waals surface area contributed by atoms with E-state index in [0.29, 0.717) is 31.7 Å². The molecule has 3 heterocycles. The number of rotatable bonds is 6. The van der Waals surface area contributed by atoms with Crippen LogP contribution < -0.4 is 9.62 Å². The third-order valence-electron chi connectivity index (χ3n) is 6.36. The van der Waals surface area contributed by atoms with Gasteiger partial charge < -0.3 is 14.4 Å². The second kappa shape index (κ2) is 9.57. The average Bonchev–Trinajstić information content (AvgIpc) is 3.34.